The number of hydrogen-bond acceptors (Lipinski definition) is 3. The smallest absolute Gasteiger partial charge is 0.332 e. The number of nitrogens with one attached hydrogen (secondary N) is 1. The fraction of sp³-hybridized carbons (Fsp3) is 0.286. The van der Waals surface area contributed by atoms with Crippen LogP contribution in [-0.4, -0.2) is 17.6 Å². The molecule has 0 unspecified atom stereocenters. The van der Waals surface area contributed by atoms with Gasteiger partial charge in [-0.2, -0.15) is 0 Å². The van der Waals surface area contributed by atoms with Gasteiger partial charge in [0.15, 0.2) is 0 Å². The minimum Gasteiger partial charge on any atom is -0.463 e. The zero-order chi connectivity index (χ0) is 15.1. The van der Waals surface area contributed by atoms with Gasteiger partial charge in [-0.05, 0) is 31.5 Å². The summed E-state index contributed by atoms with van der Waals surface area (Å²) in [6.07, 6.45) is 1.88. The molecule has 1 aromatic carbocycles. The maximum absolute atomic E-state index is 11.3. The Morgan fingerprint density at radius 3 is 2.70 bits per heavy atom. The summed E-state index contributed by atoms with van der Waals surface area (Å²) in [5, 5.41) is 3.97. The predicted octanol–water partition coefficient (Wildman–Crippen LogP) is 3.92. The molecule has 0 atom stereocenters. The zero-order valence-electron chi connectivity index (χ0n) is 11.2. The monoisotopic (exact) mass is 331 g/mol. The Bertz CT molecular complexity index is 544. The zero-order valence-corrected chi connectivity index (χ0v) is 13.5. The van der Waals surface area contributed by atoms with Gasteiger partial charge in [0.25, 0.3) is 0 Å². The molecule has 1 N–H and O–H groups in total. The van der Waals surface area contributed by atoms with Crippen molar-refractivity contribution in [2.75, 3.05) is 6.61 Å². The Balaban J connectivity index is 2.59. The predicted molar refractivity (Wildman–Crippen MR) is 86.3 cm³/mol. The second-order valence-corrected chi connectivity index (χ2v) is 5.36. The van der Waals surface area contributed by atoms with Crippen LogP contribution in [0.1, 0.15) is 19.4 Å². The van der Waals surface area contributed by atoms with Gasteiger partial charge in [-0.25, -0.2) is 4.79 Å². The standard InChI is InChI=1S/C14H15Cl2NO2S/c1-3-19-14(18)6-9(2)17-13(20)8-10-4-5-11(15)12(16)7-10/h4-7H,3,8H2,1-2H3,(H,17,20). The summed E-state index contributed by atoms with van der Waals surface area (Å²) in [5.74, 6) is -0.394. The lowest BCUT2D eigenvalue weighted by Gasteiger charge is -2.09. The van der Waals surface area contributed by atoms with Gasteiger partial charge >= 0.3 is 5.97 Å². The molecule has 0 fully saturated rings. The molecule has 20 heavy (non-hydrogen) atoms. The molecule has 0 radical (unpaired) electrons. The van der Waals surface area contributed by atoms with Crippen molar-refractivity contribution in [2.45, 2.75) is 20.3 Å². The van der Waals surface area contributed by atoms with E-state index in [4.69, 9.17) is 40.2 Å². The lowest BCUT2D eigenvalue weighted by atomic mass is 10.1. The highest BCUT2D eigenvalue weighted by Gasteiger charge is 2.04. The van der Waals surface area contributed by atoms with E-state index in [2.05, 4.69) is 5.32 Å². The summed E-state index contributed by atoms with van der Waals surface area (Å²) in [6, 6.07) is 5.35. The van der Waals surface area contributed by atoms with Crippen molar-refractivity contribution in [3.8, 4) is 0 Å². The molecule has 0 amide bonds. The number of thiocarbonyl (C=S) groups is 1. The van der Waals surface area contributed by atoms with Crippen LogP contribution in [0, 0.1) is 0 Å². The largest absolute Gasteiger partial charge is 0.463 e. The van der Waals surface area contributed by atoms with Crippen LogP contribution in [0.5, 0.6) is 0 Å². The highest BCUT2D eigenvalue weighted by Crippen LogP contribution is 2.22. The van der Waals surface area contributed by atoms with E-state index in [0.717, 1.165) is 5.56 Å². The molecule has 0 saturated carbocycles. The molecule has 0 aliphatic carbocycles. The van der Waals surface area contributed by atoms with Crippen molar-refractivity contribution >= 4 is 46.4 Å². The van der Waals surface area contributed by atoms with Gasteiger partial charge in [-0.3, -0.25) is 0 Å². The number of carbonyl (C=O) groups excluding carboxylic acids is 1. The average molecular weight is 332 g/mol. The van der Waals surface area contributed by atoms with Gasteiger partial charge in [-0.1, -0.05) is 41.5 Å². The maximum Gasteiger partial charge on any atom is 0.332 e. The van der Waals surface area contributed by atoms with E-state index >= 15 is 0 Å². The van der Waals surface area contributed by atoms with Crippen LogP contribution in [0.25, 0.3) is 0 Å². The van der Waals surface area contributed by atoms with E-state index in [1.165, 1.54) is 6.08 Å². The summed E-state index contributed by atoms with van der Waals surface area (Å²) in [5.41, 5.74) is 1.58. The number of benzene rings is 1. The first-order chi connectivity index (χ1) is 9.42. The van der Waals surface area contributed by atoms with Crippen molar-refractivity contribution in [1.29, 1.82) is 0 Å². The average Bonchev–Trinajstić information content (AvgIpc) is 2.33. The SMILES string of the molecule is CCOC(=O)C=C(C)NC(=S)Cc1ccc(Cl)c(Cl)c1. The summed E-state index contributed by atoms with van der Waals surface area (Å²) >= 11 is 17.0. The van der Waals surface area contributed by atoms with Gasteiger partial charge in [0, 0.05) is 18.2 Å². The number of allylic oxidation sites excluding steroid dienone is 1. The Kier molecular flexibility index (Phi) is 6.99. The summed E-state index contributed by atoms with van der Waals surface area (Å²) < 4.78 is 4.81. The summed E-state index contributed by atoms with van der Waals surface area (Å²) in [6.45, 7) is 3.85. The highest BCUT2D eigenvalue weighted by atomic mass is 35.5. The Hall–Kier alpha value is -1.10. The van der Waals surface area contributed by atoms with Crippen LogP contribution < -0.4 is 5.32 Å². The number of rotatable bonds is 5. The van der Waals surface area contributed by atoms with Crippen molar-refractivity contribution < 1.29 is 9.53 Å². The molecule has 0 aromatic heterocycles. The molecule has 3 nitrogen and oxygen atoms in total. The van der Waals surface area contributed by atoms with Crippen LogP contribution in [0.15, 0.2) is 30.0 Å². The molecule has 0 aliphatic heterocycles. The van der Waals surface area contributed by atoms with Crippen molar-refractivity contribution in [3.63, 3.8) is 0 Å². The van der Waals surface area contributed by atoms with E-state index in [9.17, 15) is 4.79 Å². The number of esters is 1. The number of hydrogen-bond donors (Lipinski definition) is 1. The minimum atomic E-state index is -0.394. The number of ether oxygens (including phenoxy) is 1. The molecule has 0 spiro atoms. The molecule has 1 aromatic rings. The molecular weight excluding hydrogens is 317 g/mol. The van der Waals surface area contributed by atoms with Crippen molar-refractivity contribution in [3.05, 3.63) is 45.6 Å². The first kappa shape index (κ1) is 17.0. The third kappa shape index (κ3) is 5.90. The van der Waals surface area contributed by atoms with Gasteiger partial charge in [0.05, 0.1) is 21.6 Å². The highest BCUT2D eigenvalue weighted by molar-refractivity contribution is 7.80. The van der Waals surface area contributed by atoms with Crippen LogP contribution >= 0.6 is 35.4 Å². The summed E-state index contributed by atoms with van der Waals surface area (Å²) in [7, 11) is 0. The van der Waals surface area contributed by atoms with Gasteiger partial charge in [0.1, 0.15) is 0 Å². The number of halogens is 2. The molecule has 108 valence electrons. The maximum atomic E-state index is 11.3. The first-order valence-electron chi connectivity index (χ1n) is 6.01. The summed E-state index contributed by atoms with van der Waals surface area (Å²) in [4.78, 5) is 11.8. The molecule has 1 rings (SSSR count). The normalized spacial score (nSPS) is 11.1. The van der Waals surface area contributed by atoms with Gasteiger partial charge in [-0.15, -0.1) is 0 Å². The van der Waals surface area contributed by atoms with E-state index in [1.54, 1.807) is 26.0 Å². The van der Waals surface area contributed by atoms with Crippen LogP contribution in [0.2, 0.25) is 10.0 Å². The van der Waals surface area contributed by atoms with Gasteiger partial charge < -0.3 is 10.1 Å². The van der Waals surface area contributed by atoms with E-state index < -0.39 is 5.97 Å². The molecule has 0 saturated heterocycles. The van der Waals surface area contributed by atoms with Crippen molar-refractivity contribution in [2.24, 2.45) is 0 Å². The molecule has 6 heteroatoms. The lowest BCUT2D eigenvalue weighted by Crippen LogP contribution is -2.22. The minimum absolute atomic E-state index is 0.344. The first-order valence-corrected chi connectivity index (χ1v) is 7.17. The fourth-order valence-electron chi connectivity index (χ4n) is 1.50. The topological polar surface area (TPSA) is 38.3 Å². The van der Waals surface area contributed by atoms with Crippen molar-refractivity contribution in [1.82, 2.24) is 5.32 Å². The Morgan fingerprint density at radius 1 is 1.40 bits per heavy atom. The van der Waals surface area contributed by atoms with E-state index in [1.807, 2.05) is 6.07 Å². The number of carbonyl (C=O) groups is 1. The quantitative estimate of drug-likeness (QED) is 0.504. The second-order valence-electron chi connectivity index (χ2n) is 4.05. The van der Waals surface area contributed by atoms with Crippen LogP contribution in [0.3, 0.4) is 0 Å². The Labute approximate surface area is 133 Å². The molecular formula is C14H15Cl2NO2S. The molecule has 0 heterocycles. The lowest BCUT2D eigenvalue weighted by molar-refractivity contribution is -0.137. The van der Waals surface area contributed by atoms with Crippen LogP contribution in [-0.2, 0) is 16.0 Å². The third-order valence-corrected chi connectivity index (χ3v) is 3.29. The van der Waals surface area contributed by atoms with E-state index in [-0.39, 0.29) is 0 Å². The van der Waals surface area contributed by atoms with E-state index in [0.29, 0.717) is 33.8 Å². The third-order valence-electron chi connectivity index (χ3n) is 2.31. The van der Waals surface area contributed by atoms with Gasteiger partial charge in [0.2, 0.25) is 0 Å². The second kappa shape index (κ2) is 8.25. The fourth-order valence-corrected chi connectivity index (χ4v) is 2.14. The van der Waals surface area contributed by atoms with Crippen LogP contribution in [0.4, 0.5) is 0 Å². The molecule has 0 aliphatic rings. The Morgan fingerprint density at radius 2 is 2.10 bits per heavy atom. The molecule has 0 bridgehead atoms.